The molecule has 0 unspecified atom stereocenters. The van der Waals surface area contributed by atoms with Gasteiger partial charge in [-0.3, -0.25) is 4.79 Å². The number of nitrogens with zero attached hydrogens (tertiary/aromatic N) is 5. The van der Waals surface area contributed by atoms with Crippen molar-refractivity contribution in [2.75, 3.05) is 0 Å². The van der Waals surface area contributed by atoms with E-state index in [1.54, 1.807) is 0 Å². The Labute approximate surface area is 174 Å². The number of rotatable bonds is 7. The summed E-state index contributed by atoms with van der Waals surface area (Å²) < 4.78 is 12.3. The number of carbonyl (C=O) groups is 1. The first-order valence-electron chi connectivity index (χ1n) is 10.1. The van der Waals surface area contributed by atoms with Crippen molar-refractivity contribution >= 4 is 22.5 Å². The van der Waals surface area contributed by atoms with E-state index < -0.39 is 0 Å². The quantitative estimate of drug-likeness (QED) is 0.430. The van der Waals surface area contributed by atoms with E-state index in [0.717, 1.165) is 39.9 Å². The topological polar surface area (TPSA) is 95.4 Å². The molecule has 0 amide bonds. The average molecular weight is 407 g/mol. The molecular formula is C22H25N5O3. The summed E-state index contributed by atoms with van der Waals surface area (Å²) in [6, 6.07) is 7.93. The lowest BCUT2D eigenvalue weighted by Gasteiger charge is -2.10. The first-order valence-corrected chi connectivity index (χ1v) is 10.1. The van der Waals surface area contributed by atoms with E-state index in [4.69, 9.17) is 14.2 Å². The van der Waals surface area contributed by atoms with E-state index in [0.29, 0.717) is 24.1 Å². The number of esters is 1. The summed E-state index contributed by atoms with van der Waals surface area (Å²) in [7, 11) is 0. The molecule has 3 heterocycles. The highest BCUT2D eigenvalue weighted by atomic mass is 16.6. The van der Waals surface area contributed by atoms with Crippen LogP contribution in [0.2, 0.25) is 0 Å². The highest BCUT2D eigenvalue weighted by Gasteiger charge is 2.16. The van der Waals surface area contributed by atoms with Gasteiger partial charge in [0.1, 0.15) is 0 Å². The molecule has 0 saturated carbocycles. The van der Waals surface area contributed by atoms with Crippen LogP contribution in [0.25, 0.3) is 16.6 Å². The Balaban J connectivity index is 1.42. The molecule has 8 heteroatoms. The molecule has 4 rings (SSSR count). The number of aryl methyl sites for hydroxylation is 2. The van der Waals surface area contributed by atoms with Gasteiger partial charge in [-0.15, -0.1) is 0 Å². The van der Waals surface area contributed by atoms with Gasteiger partial charge in [0.05, 0.1) is 5.52 Å². The van der Waals surface area contributed by atoms with Crippen molar-refractivity contribution in [3.05, 3.63) is 52.9 Å². The van der Waals surface area contributed by atoms with Crippen molar-refractivity contribution in [2.45, 2.75) is 53.6 Å². The smallest absolute Gasteiger partial charge is 0.306 e. The molecule has 0 saturated heterocycles. The fraction of sp³-hybridized carbons (Fsp3) is 0.409. The zero-order valence-electron chi connectivity index (χ0n) is 17.7. The Morgan fingerprint density at radius 3 is 2.80 bits per heavy atom. The van der Waals surface area contributed by atoms with Crippen molar-refractivity contribution < 1.29 is 14.1 Å². The second-order valence-electron chi connectivity index (χ2n) is 7.88. The van der Waals surface area contributed by atoms with Crippen LogP contribution in [0.4, 0.5) is 0 Å². The van der Waals surface area contributed by atoms with Crippen molar-refractivity contribution in [2.24, 2.45) is 5.92 Å². The van der Waals surface area contributed by atoms with Crippen LogP contribution in [0, 0.1) is 19.8 Å². The molecule has 0 atom stereocenters. The largest absolute Gasteiger partial charge is 0.456 e. The second kappa shape index (κ2) is 8.22. The summed E-state index contributed by atoms with van der Waals surface area (Å²) in [4.78, 5) is 21.2. The van der Waals surface area contributed by atoms with Crippen molar-refractivity contribution in [3.8, 4) is 0 Å². The maximum Gasteiger partial charge on any atom is 0.306 e. The van der Waals surface area contributed by atoms with E-state index in [1.807, 2.05) is 42.6 Å². The third-order valence-electron chi connectivity index (χ3n) is 5.05. The van der Waals surface area contributed by atoms with Gasteiger partial charge >= 0.3 is 5.97 Å². The van der Waals surface area contributed by atoms with Gasteiger partial charge in [0.2, 0.25) is 0 Å². The Kier molecular flexibility index (Phi) is 5.48. The minimum Gasteiger partial charge on any atom is -0.456 e. The minimum absolute atomic E-state index is 0.0102. The molecule has 0 bridgehead atoms. The Hall–Kier alpha value is -3.29. The number of carbonyl (C=O) groups excluding carboxylic acids is 1. The molecule has 0 N–H and O–H groups in total. The van der Waals surface area contributed by atoms with Crippen LogP contribution >= 0.6 is 0 Å². The average Bonchev–Trinajstić information content (AvgIpc) is 3.30. The SMILES string of the molecule is Cc1nc2c3ccccc3nn2c(C)c1CCC(=O)OCc1nc(CC(C)C)no1. The normalized spacial score (nSPS) is 11.6. The van der Waals surface area contributed by atoms with Crippen molar-refractivity contribution in [1.29, 1.82) is 0 Å². The van der Waals surface area contributed by atoms with Gasteiger partial charge < -0.3 is 9.26 Å². The molecule has 1 aromatic carbocycles. The van der Waals surface area contributed by atoms with Gasteiger partial charge in [0, 0.05) is 29.6 Å². The van der Waals surface area contributed by atoms with E-state index in [9.17, 15) is 4.79 Å². The number of fused-ring (bicyclic) bond motifs is 3. The van der Waals surface area contributed by atoms with E-state index >= 15 is 0 Å². The number of ether oxygens (including phenoxy) is 1. The molecule has 0 radical (unpaired) electrons. The molecule has 0 aliphatic heterocycles. The van der Waals surface area contributed by atoms with Gasteiger partial charge in [-0.1, -0.05) is 31.1 Å². The van der Waals surface area contributed by atoms with E-state index in [2.05, 4.69) is 29.1 Å². The summed E-state index contributed by atoms with van der Waals surface area (Å²) in [5.74, 6) is 1.07. The summed E-state index contributed by atoms with van der Waals surface area (Å²) >= 11 is 0. The molecule has 30 heavy (non-hydrogen) atoms. The summed E-state index contributed by atoms with van der Waals surface area (Å²) in [5.41, 5.74) is 4.62. The van der Waals surface area contributed by atoms with Crippen LogP contribution in [0.1, 0.15) is 48.9 Å². The second-order valence-corrected chi connectivity index (χ2v) is 7.88. The number of benzene rings is 1. The third kappa shape index (κ3) is 4.03. The van der Waals surface area contributed by atoms with Gasteiger partial charge in [0.15, 0.2) is 18.1 Å². The highest BCUT2D eigenvalue weighted by Crippen LogP contribution is 2.23. The number of hydrogen-bond donors (Lipinski definition) is 0. The highest BCUT2D eigenvalue weighted by molar-refractivity contribution is 5.92. The van der Waals surface area contributed by atoms with Crippen LogP contribution in [0.15, 0.2) is 28.8 Å². The minimum atomic E-state index is -0.317. The fourth-order valence-corrected chi connectivity index (χ4v) is 3.58. The molecule has 0 fully saturated rings. The summed E-state index contributed by atoms with van der Waals surface area (Å²) in [6.45, 7) is 8.12. The van der Waals surface area contributed by atoms with Crippen LogP contribution in [0.5, 0.6) is 0 Å². The monoisotopic (exact) mass is 407 g/mol. The molecule has 0 spiro atoms. The molecule has 156 valence electrons. The first-order chi connectivity index (χ1) is 14.4. The Bertz CT molecular complexity index is 1210. The zero-order chi connectivity index (χ0) is 21.3. The van der Waals surface area contributed by atoms with Crippen LogP contribution in [0.3, 0.4) is 0 Å². The molecular weight excluding hydrogens is 382 g/mol. The van der Waals surface area contributed by atoms with Crippen LogP contribution in [-0.4, -0.2) is 30.7 Å². The molecule has 4 aromatic rings. The predicted octanol–water partition coefficient (Wildman–Crippen LogP) is 3.76. The van der Waals surface area contributed by atoms with Gasteiger partial charge in [-0.25, -0.2) is 9.50 Å². The number of hydrogen-bond acceptors (Lipinski definition) is 7. The van der Waals surface area contributed by atoms with Gasteiger partial charge in [-0.2, -0.15) is 10.1 Å². The predicted molar refractivity (Wildman–Crippen MR) is 111 cm³/mol. The summed E-state index contributed by atoms with van der Waals surface area (Å²) in [5, 5.41) is 9.57. The molecule has 3 aromatic heterocycles. The lowest BCUT2D eigenvalue weighted by molar-refractivity contribution is -0.145. The van der Waals surface area contributed by atoms with Gasteiger partial charge in [0.25, 0.3) is 5.89 Å². The summed E-state index contributed by atoms with van der Waals surface area (Å²) in [6.07, 6.45) is 1.49. The van der Waals surface area contributed by atoms with E-state index in [-0.39, 0.29) is 19.0 Å². The molecule has 0 aliphatic carbocycles. The molecule has 8 nitrogen and oxygen atoms in total. The fourth-order valence-electron chi connectivity index (χ4n) is 3.58. The number of aromatic nitrogens is 5. The zero-order valence-corrected chi connectivity index (χ0v) is 17.7. The maximum absolute atomic E-state index is 12.2. The van der Waals surface area contributed by atoms with Gasteiger partial charge in [-0.05, 0) is 43.9 Å². The Morgan fingerprint density at radius 2 is 2.00 bits per heavy atom. The standard InChI is InChI=1S/C22H25N5O3/c1-13(2)11-19-24-20(30-26-19)12-29-21(28)10-9-16-14(3)23-22-17-7-5-6-8-18(17)25-27(22)15(16)4/h5-8,13H,9-12H2,1-4H3. The van der Waals surface area contributed by atoms with Crippen molar-refractivity contribution in [3.63, 3.8) is 0 Å². The third-order valence-corrected chi connectivity index (χ3v) is 5.05. The Morgan fingerprint density at radius 1 is 1.20 bits per heavy atom. The lowest BCUT2D eigenvalue weighted by atomic mass is 10.1. The first kappa shape index (κ1) is 20.0. The van der Waals surface area contributed by atoms with E-state index in [1.165, 1.54) is 0 Å². The lowest BCUT2D eigenvalue weighted by Crippen LogP contribution is -2.10. The van der Waals surface area contributed by atoms with Crippen LogP contribution < -0.4 is 0 Å². The maximum atomic E-state index is 12.2. The molecule has 0 aliphatic rings. The van der Waals surface area contributed by atoms with Crippen LogP contribution in [-0.2, 0) is 29.0 Å². The van der Waals surface area contributed by atoms with Crippen molar-refractivity contribution in [1.82, 2.24) is 24.7 Å².